The van der Waals surface area contributed by atoms with Crippen LogP contribution in [0.5, 0.6) is 0 Å². The summed E-state index contributed by atoms with van der Waals surface area (Å²) < 4.78 is 0. The molecule has 0 saturated heterocycles. The van der Waals surface area contributed by atoms with Gasteiger partial charge in [0.15, 0.2) is 0 Å². The summed E-state index contributed by atoms with van der Waals surface area (Å²) >= 11 is 4.28. The minimum Gasteiger partial charge on any atom is -0.481 e. The molecule has 3 rings (SSSR count). The number of carboxylic acid groups (broad SMARTS) is 2. The zero-order valence-electron chi connectivity index (χ0n) is 44.4. The molecule has 0 fully saturated rings. The average Bonchev–Trinajstić information content (AvgIpc) is 3.95. The van der Waals surface area contributed by atoms with Crippen LogP contribution < -0.4 is 54.0 Å². The van der Waals surface area contributed by atoms with Gasteiger partial charge in [-0.25, -0.2) is 9.78 Å². The number of primary amides is 1. The molecular formula is C52H74N12O14S. The number of benzene rings is 2. The molecule has 79 heavy (non-hydrogen) atoms. The van der Waals surface area contributed by atoms with E-state index in [1.54, 1.807) is 88.4 Å². The molecule has 3 aromatic rings. The molecule has 11 atom stereocenters. The van der Waals surface area contributed by atoms with Gasteiger partial charge in [0.2, 0.25) is 53.2 Å². The number of carbonyl (C=O) groups is 11. The molecule has 0 aliphatic rings. The van der Waals surface area contributed by atoms with Crippen molar-refractivity contribution in [1.82, 2.24) is 52.5 Å². The number of hydrogen-bond donors (Lipinski definition) is 15. The largest absolute Gasteiger partial charge is 0.481 e. The lowest BCUT2D eigenvalue weighted by Crippen LogP contribution is -2.62. The third kappa shape index (κ3) is 22.2. The van der Waals surface area contributed by atoms with E-state index >= 15 is 0 Å². The normalized spacial score (nSPS) is 15.2. The van der Waals surface area contributed by atoms with E-state index in [0.29, 0.717) is 23.2 Å². The van der Waals surface area contributed by atoms with Gasteiger partial charge < -0.3 is 74.3 Å². The van der Waals surface area contributed by atoms with Crippen LogP contribution >= 0.6 is 12.6 Å². The molecule has 432 valence electrons. The zero-order chi connectivity index (χ0) is 58.8. The lowest BCUT2D eigenvalue weighted by Gasteiger charge is -2.30. The van der Waals surface area contributed by atoms with Gasteiger partial charge in [-0.3, -0.25) is 47.9 Å². The fraction of sp³-hybridized carbons (Fsp3) is 0.500. The van der Waals surface area contributed by atoms with Gasteiger partial charge >= 0.3 is 11.9 Å². The number of hydrogen-bond acceptors (Lipinski definition) is 15. The van der Waals surface area contributed by atoms with Crippen LogP contribution in [0.1, 0.15) is 83.0 Å². The van der Waals surface area contributed by atoms with E-state index in [9.17, 15) is 68.1 Å². The molecule has 0 spiro atoms. The van der Waals surface area contributed by atoms with Crippen LogP contribution in [0.15, 0.2) is 73.2 Å². The zero-order valence-corrected chi connectivity index (χ0v) is 45.3. The van der Waals surface area contributed by atoms with Gasteiger partial charge in [0.05, 0.1) is 12.9 Å². The van der Waals surface area contributed by atoms with Crippen molar-refractivity contribution < 1.29 is 68.1 Å². The van der Waals surface area contributed by atoms with Crippen molar-refractivity contribution in [2.75, 3.05) is 12.4 Å². The lowest BCUT2D eigenvalue weighted by atomic mass is 9.96. The molecule has 2 aromatic carbocycles. The maximum absolute atomic E-state index is 14.3. The maximum atomic E-state index is 14.3. The predicted molar refractivity (Wildman–Crippen MR) is 289 cm³/mol. The van der Waals surface area contributed by atoms with E-state index in [4.69, 9.17) is 11.5 Å². The van der Waals surface area contributed by atoms with E-state index < -0.39 is 157 Å². The Morgan fingerprint density at radius 3 is 1.41 bits per heavy atom. The minimum atomic E-state index is -1.55. The first kappa shape index (κ1) is 65.4. The third-order valence-corrected chi connectivity index (χ3v) is 13.3. The van der Waals surface area contributed by atoms with Gasteiger partial charge in [-0.1, -0.05) is 101 Å². The molecular weight excluding hydrogens is 1050 g/mol. The number of H-pyrrole nitrogens is 1. The SMILES string of the molecule is CC[C@H](C)[C@H](NC(=O)[C@H](CCC(N)=O)NC(=O)[C@@H](NC(=O)[C@H](CS)NC(=O)[C@H](Cc1ccccc1)NC(=O)[C@H](CCC(=O)O)NC(=O)[C@@H](N)CO)[C@@H](C)CC)C(=O)N[C@@H](Cc1cnc[nH]1)C(=O)N[C@@H](Cc1ccccc1)C(=O)O. The number of carbonyl (C=O) groups excluding carboxylic acids is 9. The van der Waals surface area contributed by atoms with Crippen LogP contribution in [0.2, 0.25) is 0 Å². The molecule has 1 heterocycles. The standard InChI is InChI=1S/C52H74N12O14S/c1-5-28(3)42(64-49(74)39(26-79)62-47(72)36(21-30-13-9-7-10-14-30)59-45(70)35(18-20-41(67)68)57-44(69)33(53)25-65)50(75)58-34(17-19-40(54)66)46(71)63-43(29(4)6-2)51(76)60-37(23-32-24-55-27-56-32)48(73)61-38(52(77)78)22-31-15-11-8-12-16-31/h7-16,24,27-29,33-39,42-43,65,79H,5-6,17-23,25-26,53H2,1-4H3,(H2,54,66)(H,55,56)(H,57,69)(H,58,75)(H,59,70)(H,60,76)(H,61,73)(H,62,72)(H,63,71)(H,64,74)(H,67,68)(H,77,78)/t28-,29-,33-,34-,35-,36-,37-,38-,39-,42-,43-/m0/s1. The highest BCUT2D eigenvalue weighted by atomic mass is 32.1. The fourth-order valence-electron chi connectivity index (χ4n) is 7.83. The molecule has 0 aliphatic heterocycles. The Bertz CT molecular complexity index is 2530. The van der Waals surface area contributed by atoms with Crippen molar-refractivity contribution in [3.63, 3.8) is 0 Å². The Hall–Kier alpha value is -7.91. The smallest absolute Gasteiger partial charge is 0.326 e. The number of nitrogens with zero attached hydrogens (tertiary/aromatic N) is 1. The second kappa shape index (κ2) is 33.4. The van der Waals surface area contributed by atoms with E-state index in [1.165, 1.54) is 12.5 Å². The fourth-order valence-corrected chi connectivity index (χ4v) is 8.09. The number of rotatable bonds is 35. The Morgan fingerprint density at radius 1 is 0.557 bits per heavy atom. The van der Waals surface area contributed by atoms with Crippen LogP contribution in [-0.2, 0) is 72.0 Å². The minimum absolute atomic E-state index is 0.0734. The third-order valence-electron chi connectivity index (χ3n) is 13.0. The van der Waals surface area contributed by atoms with Crippen molar-refractivity contribution in [3.8, 4) is 0 Å². The molecule has 1 aromatic heterocycles. The summed E-state index contributed by atoms with van der Waals surface area (Å²) in [6, 6.07) is 3.92. The molecule has 16 N–H and O–H groups in total. The highest BCUT2D eigenvalue weighted by Crippen LogP contribution is 2.15. The number of nitrogens with one attached hydrogen (secondary N) is 9. The van der Waals surface area contributed by atoms with Crippen LogP contribution in [0.25, 0.3) is 0 Å². The number of carboxylic acids is 2. The summed E-state index contributed by atoms with van der Waals surface area (Å²) in [7, 11) is 0. The second-order valence-electron chi connectivity index (χ2n) is 19.0. The number of imidazole rings is 1. The van der Waals surface area contributed by atoms with Crippen LogP contribution in [0.4, 0.5) is 0 Å². The van der Waals surface area contributed by atoms with E-state index in [0.717, 1.165) is 0 Å². The van der Waals surface area contributed by atoms with Crippen molar-refractivity contribution in [1.29, 1.82) is 0 Å². The second-order valence-corrected chi connectivity index (χ2v) is 19.4. The number of aliphatic hydroxyl groups is 1. The molecule has 0 aliphatic carbocycles. The predicted octanol–water partition coefficient (Wildman–Crippen LogP) is -2.13. The number of aromatic amines is 1. The van der Waals surface area contributed by atoms with Crippen molar-refractivity contribution in [2.45, 2.75) is 140 Å². The highest BCUT2D eigenvalue weighted by Gasteiger charge is 2.37. The lowest BCUT2D eigenvalue weighted by molar-refractivity contribution is -0.142. The molecule has 26 nitrogen and oxygen atoms in total. The Balaban J connectivity index is 1.88. The van der Waals surface area contributed by atoms with Gasteiger partial charge in [0, 0.05) is 49.7 Å². The van der Waals surface area contributed by atoms with Gasteiger partial charge in [-0.05, 0) is 35.8 Å². The summed E-state index contributed by atoms with van der Waals surface area (Å²) in [4.78, 5) is 154. The van der Waals surface area contributed by atoms with Gasteiger partial charge in [0.25, 0.3) is 0 Å². The van der Waals surface area contributed by atoms with Gasteiger partial charge in [0.1, 0.15) is 54.4 Å². The quantitative estimate of drug-likeness (QED) is 0.0280. The Kier molecular flexibility index (Phi) is 27.6. The number of aromatic nitrogens is 2. The molecule has 27 heteroatoms. The van der Waals surface area contributed by atoms with Crippen molar-refractivity contribution >= 4 is 77.7 Å². The summed E-state index contributed by atoms with van der Waals surface area (Å²) in [6.07, 6.45) is 1.16. The molecule has 0 saturated carbocycles. The topological polar surface area (TPSA) is 425 Å². The molecule has 9 amide bonds. The van der Waals surface area contributed by atoms with E-state index in [1.807, 2.05) is 0 Å². The van der Waals surface area contributed by atoms with Crippen LogP contribution in [-0.4, -0.2) is 157 Å². The maximum Gasteiger partial charge on any atom is 0.326 e. The average molecular weight is 1120 g/mol. The van der Waals surface area contributed by atoms with E-state index in [-0.39, 0.29) is 37.9 Å². The highest BCUT2D eigenvalue weighted by molar-refractivity contribution is 7.80. The first-order chi connectivity index (χ1) is 37.5. The number of amides is 9. The summed E-state index contributed by atoms with van der Waals surface area (Å²) in [5, 5.41) is 49.0. The Labute approximate surface area is 462 Å². The first-order valence-corrected chi connectivity index (χ1v) is 26.3. The number of aliphatic carboxylic acids is 2. The van der Waals surface area contributed by atoms with Crippen LogP contribution in [0, 0.1) is 11.8 Å². The monoisotopic (exact) mass is 1120 g/mol. The van der Waals surface area contributed by atoms with E-state index in [2.05, 4.69) is 65.1 Å². The van der Waals surface area contributed by atoms with Crippen LogP contribution in [0.3, 0.4) is 0 Å². The van der Waals surface area contributed by atoms with Gasteiger partial charge in [-0.15, -0.1) is 0 Å². The number of nitrogens with two attached hydrogens (primary N) is 2. The van der Waals surface area contributed by atoms with Crippen molar-refractivity contribution in [3.05, 3.63) is 90.0 Å². The number of aliphatic hydroxyl groups excluding tert-OH is 1. The number of thiol groups is 1. The summed E-state index contributed by atoms with van der Waals surface area (Å²) in [6.45, 7) is 5.93. The summed E-state index contributed by atoms with van der Waals surface area (Å²) in [5.41, 5.74) is 12.7. The Morgan fingerprint density at radius 2 is 0.962 bits per heavy atom. The van der Waals surface area contributed by atoms with Crippen molar-refractivity contribution in [2.24, 2.45) is 23.3 Å². The molecule has 0 bridgehead atoms. The van der Waals surface area contributed by atoms with Gasteiger partial charge in [-0.2, -0.15) is 12.6 Å². The molecule has 0 unspecified atom stereocenters. The first-order valence-electron chi connectivity index (χ1n) is 25.7. The summed E-state index contributed by atoms with van der Waals surface area (Å²) in [5.74, 6) is -12.4. The molecule has 0 radical (unpaired) electrons.